The highest BCUT2D eigenvalue weighted by Crippen LogP contribution is 2.18. The molecule has 0 radical (unpaired) electrons. The van der Waals surface area contributed by atoms with Gasteiger partial charge in [0.2, 0.25) is 11.8 Å². The molecular weight excluding hydrogens is 262 g/mol. The Kier molecular flexibility index (Phi) is 5.94. The van der Waals surface area contributed by atoms with E-state index in [1.165, 1.54) is 4.90 Å². The molecule has 0 heterocycles. The van der Waals surface area contributed by atoms with Gasteiger partial charge in [-0.3, -0.25) is 19.3 Å². The summed E-state index contributed by atoms with van der Waals surface area (Å²) in [5.41, 5.74) is 0. The van der Waals surface area contributed by atoms with Gasteiger partial charge in [0.1, 0.15) is 0 Å². The van der Waals surface area contributed by atoms with Gasteiger partial charge in [-0.05, 0) is 19.9 Å². The van der Waals surface area contributed by atoms with Crippen LogP contribution in [0.15, 0.2) is 0 Å². The van der Waals surface area contributed by atoms with Crippen molar-refractivity contribution >= 4 is 17.8 Å². The number of aliphatic carboxylic acids is 1. The highest BCUT2D eigenvalue weighted by atomic mass is 16.4. The summed E-state index contributed by atoms with van der Waals surface area (Å²) in [6.07, 6.45) is 2.03. The van der Waals surface area contributed by atoms with Crippen molar-refractivity contribution in [2.75, 3.05) is 33.7 Å². The van der Waals surface area contributed by atoms with Gasteiger partial charge < -0.3 is 15.3 Å². The van der Waals surface area contributed by atoms with Gasteiger partial charge in [0.05, 0.1) is 19.0 Å². The third-order valence-corrected chi connectivity index (χ3v) is 3.16. The fraction of sp³-hybridized carbons (Fsp3) is 0.769. The molecule has 114 valence electrons. The summed E-state index contributed by atoms with van der Waals surface area (Å²) in [7, 11) is 3.26. The van der Waals surface area contributed by atoms with Crippen LogP contribution < -0.4 is 5.32 Å². The van der Waals surface area contributed by atoms with Gasteiger partial charge >= 0.3 is 5.97 Å². The lowest BCUT2D eigenvalue weighted by atomic mass is 10.2. The van der Waals surface area contributed by atoms with E-state index in [9.17, 15) is 14.4 Å². The van der Waals surface area contributed by atoms with Crippen molar-refractivity contribution in [3.63, 3.8) is 0 Å². The highest BCUT2D eigenvalue weighted by Gasteiger charge is 2.24. The second-order valence-electron chi connectivity index (χ2n) is 5.53. The standard InChI is InChI=1S/C13H23N3O4/c1-9(13(19)20)6-15(2)8-12(18)16(3)7-11(17)14-10-4-5-10/h9-10H,4-8H2,1-3H3,(H,14,17)(H,19,20). The van der Waals surface area contributed by atoms with E-state index >= 15 is 0 Å². The lowest BCUT2D eigenvalue weighted by Gasteiger charge is -2.22. The molecule has 0 saturated heterocycles. The number of hydrogen-bond acceptors (Lipinski definition) is 4. The quantitative estimate of drug-likeness (QED) is 0.620. The van der Waals surface area contributed by atoms with Crippen molar-refractivity contribution in [1.29, 1.82) is 0 Å². The van der Waals surface area contributed by atoms with Gasteiger partial charge in [-0.15, -0.1) is 0 Å². The normalized spacial score (nSPS) is 15.8. The Balaban J connectivity index is 2.28. The van der Waals surface area contributed by atoms with Crippen LogP contribution in [0.2, 0.25) is 0 Å². The van der Waals surface area contributed by atoms with Gasteiger partial charge in [0.15, 0.2) is 0 Å². The molecule has 1 rings (SSSR count). The number of carbonyl (C=O) groups is 3. The lowest BCUT2D eigenvalue weighted by Crippen LogP contribution is -2.43. The van der Waals surface area contributed by atoms with E-state index in [2.05, 4.69) is 5.32 Å². The molecule has 0 aromatic heterocycles. The van der Waals surface area contributed by atoms with Crippen molar-refractivity contribution in [2.45, 2.75) is 25.8 Å². The monoisotopic (exact) mass is 285 g/mol. The molecule has 7 nitrogen and oxygen atoms in total. The van der Waals surface area contributed by atoms with Gasteiger partial charge in [-0.1, -0.05) is 6.92 Å². The largest absolute Gasteiger partial charge is 0.481 e. The molecule has 1 atom stereocenters. The van der Waals surface area contributed by atoms with Crippen LogP contribution in [0, 0.1) is 5.92 Å². The molecule has 1 unspecified atom stereocenters. The summed E-state index contributed by atoms with van der Waals surface area (Å²) in [5.74, 6) is -1.77. The fourth-order valence-corrected chi connectivity index (χ4v) is 1.77. The predicted octanol–water partition coefficient (Wildman–Crippen LogP) is -0.624. The topological polar surface area (TPSA) is 90.0 Å². The van der Waals surface area contributed by atoms with Crippen LogP contribution >= 0.6 is 0 Å². The van der Waals surface area contributed by atoms with Crippen LogP contribution in [-0.2, 0) is 14.4 Å². The lowest BCUT2D eigenvalue weighted by molar-refractivity contribution is -0.142. The van der Waals surface area contributed by atoms with E-state index in [4.69, 9.17) is 5.11 Å². The van der Waals surface area contributed by atoms with Gasteiger partial charge in [-0.2, -0.15) is 0 Å². The minimum atomic E-state index is -0.888. The summed E-state index contributed by atoms with van der Waals surface area (Å²) in [5, 5.41) is 11.6. The summed E-state index contributed by atoms with van der Waals surface area (Å²) in [6.45, 7) is 2.03. The smallest absolute Gasteiger partial charge is 0.307 e. The number of nitrogens with zero attached hydrogens (tertiary/aromatic N) is 2. The zero-order valence-corrected chi connectivity index (χ0v) is 12.3. The second-order valence-corrected chi connectivity index (χ2v) is 5.53. The van der Waals surface area contributed by atoms with Crippen molar-refractivity contribution < 1.29 is 19.5 Å². The first-order valence-electron chi connectivity index (χ1n) is 6.74. The maximum atomic E-state index is 11.9. The number of nitrogens with one attached hydrogen (secondary N) is 1. The molecule has 1 aliphatic rings. The number of likely N-dealkylation sites (N-methyl/N-ethyl adjacent to an activating group) is 2. The van der Waals surface area contributed by atoms with E-state index in [0.29, 0.717) is 6.54 Å². The SMILES string of the molecule is CC(CN(C)CC(=O)N(C)CC(=O)NC1CC1)C(=O)O. The zero-order valence-electron chi connectivity index (χ0n) is 12.3. The minimum absolute atomic E-state index is 0.0393. The van der Waals surface area contributed by atoms with Crippen LogP contribution in [0.4, 0.5) is 0 Å². The summed E-state index contributed by atoms with van der Waals surface area (Å²) in [4.78, 5) is 37.2. The second kappa shape index (κ2) is 7.23. The Hall–Kier alpha value is -1.63. The number of amides is 2. The first kappa shape index (κ1) is 16.4. The van der Waals surface area contributed by atoms with Crippen LogP contribution in [0.3, 0.4) is 0 Å². The zero-order chi connectivity index (χ0) is 15.3. The number of carboxylic acid groups (broad SMARTS) is 1. The average molecular weight is 285 g/mol. The molecule has 0 aliphatic heterocycles. The molecule has 0 aromatic rings. The number of carbonyl (C=O) groups excluding carboxylic acids is 2. The molecule has 20 heavy (non-hydrogen) atoms. The first-order chi connectivity index (χ1) is 9.29. The van der Waals surface area contributed by atoms with Crippen LogP contribution in [-0.4, -0.2) is 72.5 Å². The average Bonchev–Trinajstić information content (AvgIpc) is 3.11. The number of rotatable bonds is 8. The number of hydrogen-bond donors (Lipinski definition) is 2. The van der Waals surface area contributed by atoms with Crippen LogP contribution in [0.25, 0.3) is 0 Å². The fourth-order valence-electron chi connectivity index (χ4n) is 1.77. The van der Waals surface area contributed by atoms with E-state index in [-0.39, 0.29) is 30.9 Å². The predicted molar refractivity (Wildman–Crippen MR) is 73.1 cm³/mol. The minimum Gasteiger partial charge on any atom is -0.481 e. The first-order valence-corrected chi connectivity index (χ1v) is 6.74. The molecule has 2 N–H and O–H groups in total. The van der Waals surface area contributed by atoms with Gasteiger partial charge in [0.25, 0.3) is 0 Å². The third kappa shape index (κ3) is 6.01. The van der Waals surface area contributed by atoms with E-state index in [0.717, 1.165) is 12.8 Å². The molecule has 1 fully saturated rings. The molecule has 0 spiro atoms. The van der Waals surface area contributed by atoms with Crippen LogP contribution in [0.1, 0.15) is 19.8 Å². The molecular formula is C13H23N3O4. The van der Waals surface area contributed by atoms with E-state index in [1.54, 1.807) is 25.9 Å². The van der Waals surface area contributed by atoms with Crippen LogP contribution in [0.5, 0.6) is 0 Å². The Labute approximate surface area is 118 Å². The van der Waals surface area contributed by atoms with Crippen molar-refractivity contribution in [3.05, 3.63) is 0 Å². The van der Waals surface area contributed by atoms with E-state index in [1.807, 2.05) is 0 Å². The van der Waals surface area contributed by atoms with Gasteiger partial charge in [-0.25, -0.2) is 0 Å². The summed E-state index contributed by atoms with van der Waals surface area (Å²) < 4.78 is 0. The molecule has 2 amide bonds. The summed E-state index contributed by atoms with van der Waals surface area (Å²) in [6, 6.07) is 0.282. The molecule has 0 aromatic carbocycles. The van der Waals surface area contributed by atoms with E-state index < -0.39 is 11.9 Å². The number of carboxylic acids is 1. The molecule has 0 bridgehead atoms. The Morgan fingerprint density at radius 1 is 1.25 bits per heavy atom. The molecule has 1 saturated carbocycles. The maximum Gasteiger partial charge on any atom is 0.307 e. The third-order valence-electron chi connectivity index (χ3n) is 3.16. The Morgan fingerprint density at radius 3 is 2.35 bits per heavy atom. The van der Waals surface area contributed by atoms with Crippen molar-refractivity contribution in [1.82, 2.24) is 15.1 Å². The van der Waals surface area contributed by atoms with Crippen molar-refractivity contribution in [2.24, 2.45) is 5.92 Å². The highest BCUT2D eigenvalue weighted by molar-refractivity contribution is 5.85. The van der Waals surface area contributed by atoms with Gasteiger partial charge in [0, 0.05) is 19.6 Å². The molecule has 1 aliphatic carbocycles. The van der Waals surface area contributed by atoms with Crippen molar-refractivity contribution in [3.8, 4) is 0 Å². The Morgan fingerprint density at radius 2 is 1.85 bits per heavy atom. The summed E-state index contributed by atoms with van der Waals surface area (Å²) >= 11 is 0. The Bertz CT molecular complexity index is 382. The molecule has 7 heteroatoms. The maximum absolute atomic E-state index is 11.9.